The second-order valence-electron chi connectivity index (χ2n) is 4.73. The molecular weight excluding hydrogens is 212 g/mol. The summed E-state index contributed by atoms with van der Waals surface area (Å²) in [5.41, 5.74) is 1.42. The maximum Gasteiger partial charge on any atom is 0.101 e. The van der Waals surface area contributed by atoms with Gasteiger partial charge in [-0.05, 0) is 0 Å². The van der Waals surface area contributed by atoms with Gasteiger partial charge in [-0.3, -0.25) is 0 Å². The fourth-order valence-corrected chi connectivity index (χ4v) is 2.29. The lowest BCUT2D eigenvalue weighted by Crippen LogP contribution is -3.14. The van der Waals surface area contributed by atoms with Crippen LogP contribution in [0.3, 0.4) is 0 Å². The zero-order chi connectivity index (χ0) is 11.8. The maximum absolute atomic E-state index is 5.36. The molecule has 17 heavy (non-hydrogen) atoms. The number of morpholine rings is 1. The van der Waals surface area contributed by atoms with Crippen LogP contribution in [0.5, 0.6) is 0 Å². The number of hydrogen-bond acceptors (Lipinski definition) is 1. The zero-order valence-corrected chi connectivity index (χ0v) is 10.5. The lowest BCUT2D eigenvalue weighted by molar-refractivity contribution is -0.909. The average molecular weight is 236 g/mol. The lowest BCUT2D eigenvalue weighted by Gasteiger charge is -2.23. The van der Waals surface area contributed by atoms with Crippen molar-refractivity contribution < 1.29 is 15.0 Å². The molecule has 1 aromatic rings. The van der Waals surface area contributed by atoms with Gasteiger partial charge in [0.05, 0.1) is 26.3 Å². The van der Waals surface area contributed by atoms with E-state index >= 15 is 0 Å². The first-order valence-electron chi connectivity index (χ1n) is 6.72. The third-order valence-corrected chi connectivity index (χ3v) is 3.36. The summed E-state index contributed by atoms with van der Waals surface area (Å²) < 4.78 is 5.36. The zero-order valence-electron chi connectivity index (χ0n) is 10.5. The Morgan fingerprint density at radius 1 is 1.12 bits per heavy atom. The number of rotatable bonds is 6. The highest BCUT2D eigenvalue weighted by atomic mass is 16.5. The Balaban J connectivity index is 1.51. The number of nitrogens with one attached hydrogen (secondary N) is 1. The van der Waals surface area contributed by atoms with Crippen molar-refractivity contribution in [1.29, 1.82) is 0 Å². The molecule has 1 aliphatic rings. The molecule has 0 amide bonds. The van der Waals surface area contributed by atoms with Crippen LogP contribution in [0.1, 0.15) is 12.0 Å². The van der Waals surface area contributed by atoms with Crippen LogP contribution in [-0.4, -0.2) is 39.4 Å². The van der Waals surface area contributed by atoms with E-state index in [2.05, 4.69) is 35.6 Å². The highest BCUT2D eigenvalue weighted by molar-refractivity contribution is 5.12. The fourth-order valence-electron chi connectivity index (χ4n) is 2.29. The molecule has 0 aliphatic carbocycles. The topological polar surface area (TPSA) is 30.3 Å². The number of hydrogen-bond donors (Lipinski definition) is 2. The number of benzene rings is 1. The van der Waals surface area contributed by atoms with E-state index in [1.54, 1.807) is 4.90 Å². The third kappa shape index (κ3) is 4.86. The van der Waals surface area contributed by atoms with E-state index in [0.29, 0.717) is 0 Å². The van der Waals surface area contributed by atoms with Crippen LogP contribution in [0.15, 0.2) is 30.3 Å². The molecule has 2 rings (SSSR count). The summed E-state index contributed by atoms with van der Waals surface area (Å²) in [5, 5.41) is 2.41. The summed E-state index contributed by atoms with van der Waals surface area (Å²) in [6, 6.07) is 10.7. The van der Waals surface area contributed by atoms with Gasteiger partial charge >= 0.3 is 0 Å². The largest absolute Gasteiger partial charge is 0.370 e. The Bertz CT molecular complexity index is 296. The minimum absolute atomic E-state index is 0.947. The Labute approximate surface area is 104 Å². The summed E-state index contributed by atoms with van der Waals surface area (Å²) >= 11 is 0. The van der Waals surface area contributed by atoms with Crippen molar-refractivity contribution >= 4 is 0 Å². The van der Waals surface area contributed by atoms with Gasteiger partial charge in [-0.15, -0.1) is 0 Å². The van der Waals surface area contributed by atoms with E-state index in [1.807, 2.05) is 0 Å². The summed E-state index contributed by atoms with van der Waals surface area (Å²) in [5.74, 6) is 0. The van der Waals surface area contributed by atoms with Crippen molar-refractivity contribution in [2.24, 2.45) is 0 Å². The minimum atomic E-state index is 0.947. The van der Waals surface area contributed by atoms with Crippen molar-refractivity contribution in [1.82, 2.24) is 0 Å². The van der Waals surface area contributed by atoms with Gasteiger partial charge in [0.2, 0.25) is 0 Å². The molecule has 1 aliphatic heterocycles. The Morgan fingerprint density at radius 3 is 2.65 bits per heavy atom. The highest BCUT2D eigenvalue weighted by Gasteiger charge is 2.12. The molecule has 0 saturated carbocycles. The maximum atomic E-state index is 5.36. The van der Waals surface area contributed by atoms with Crippen LogP contribution in [0.2, 0.25) is 0 Å². The summed E-state index contributed by atoms with van der Waals surface area (Å²) in [7, 11) is 0. The van der Waals surface area contributed by atoms with Crippen LogP contribution in [0, 0.1) is 0 Å². The lowest BCUT2D eigenvalue weighted by atomic mass is 10.2. The summed E-state index contributed by atoms with van der Waals surface area (Å²) in [6.07, 6.45) is 1.31. The van der Waals surface area contributed by atoms with Gasteiger partial charge in [-0.25, -0.2) is 0 Å². The molecule has 0 aromatic heterocycles. The van der Waals surface area contributed by atoms with Gasteiger partial charge in [-0.2, -0.15) is 0 Å². The molecule has 0 spiro atoms. The molecule has 0 unspecified atom stereocenters. The molecule has 3 heteroatoms. The molecule has 0 bridgehead atoms. The van der Waals surface area contributed by atoms with Gasteiger partial charge in [0.15, 0.2) is 0 Å². The second kappa shape index (κ2) is 7.43. The predicted octanol–water partition coefficient (Wildman–Crippen LogP) is -0.945. The van der Waals surface area contributed by atoms with Crippen LogP contribution >= 0.6 is 0 Å². The van der Waals surface area contributed by atoms with Crippen molar-refractivity contribution in [2.75, 3.05) is 39.4 Å². The average Bonchev–Trinajstić information content (AvgIpc) is 2.41. The van der Waals surface area contributed by atoms with Crippen molar-refractivity contribution in [2.45, 2.75) is 13.0 Å². The van der Waals surface area contributed by atoms with Crippen molar-refractivity contribution in [3.05, 3.63) is 35.9 Å². The first kappa shape index (κ1) is 12.6. The normalized spacial score (nSPS) is 17.2. The molecule has 0 radical (unpaired) electrons. The molecule has 1 heterocycles. The highest BCUT2D eigenvalue weighted by Crippen LogP contribution is 1.94. The van der Waals surface area contributed by atoms with Gasteiger partial charge < -0.3 is 15.0 Å². The molecular formula is C14H24N2O+2. The van der Waals surface area contributed by atoms with E-state index in [1.165, 1.54) is 38.2 Å². The van der Waals surface area contributed by atoms with Gasteiger partial charge in [0.1, 0.15) is 19.6 Å². The smallest absolute Gasteiger partial charge is 0.101 e. The number of quaternary nitrogens is 2. The first-order valence-corrected chi connectivity index (χ1v) is 6.72. The number of nitrogens with two attached hydrogens (primary N) is 1. The SMILES string of the molecule is c1ccc(C[NH2+]CCC[NH+]2CCOCC2)cc1. The fraction of sp³-hybridized carbons (Fsp3) is 0.571. The van der Waals surface area contributed by atoms with E-state index < -0.39 is 0 Å². The van der Waals surface area contributed by atoms with E-state index in [9.17, 15) is 0 Å². The molecule has 1 aromatic carbocycles. The van der Waals surface area contributed by atoms with Gasteiger partial charge in [0.25, 0.3) is 0 Å². The Kier molecular flexibility index (Phi) is 5.49. The molecule has 3 nitrogen and oxygen atoms in total. The molecule has 1 saturated heterocycles. The Hall–Kier alpha value is -0.900. The monoisotopic (exact) mass is 236 g/mol. The Morgan fingerprint density at radius 2 is 1.88 bits per heavy atom. The second-order valence-corrected chi connectivity index (χ2v) is 4.73. The third-order valence-electron chi connectivity index (χ3n) is 3.36. The van der Waals surface area contributed by atoms with Gasteiger partial charge in [-0.1, -0.05) is 30.3 Å². The van der Waals surface area contributed by atoms with E-state index in [-0.39, 0.29) is 0 Å². The number of ether oxygens (including phenoxy) is 1. The quantitative estimate of drug-likeness (QED) is 0.613. The summed E-state index contributed by atoms with van der Waals surface area (Å²) in [6.45, 7) is 7.93. The molecule has 94 valence electrons. The van der Waals surface area contributed by atoms with E-state index in [0.717, 1.165) is 19.8 Å². The molecule has 0 atom stereocenters. The standard InChI is InChI=1S/C14H22N2O/c1-2-5-14(6-3-1)13-15-7-4-8-16-9-11-17-12-10-16/h1-3,5-6,15H,4,7-13H2/p+2. The van der Waals surface area contributed by atoms with Crippen LogP contribution in [0.4, 0.5) is 0 Å². The van der Waals surface area contributed by atoms with Crippen LogP contribution < -0.4 is 10.2 Å². The predicted molar refractivity (Wildman–Crippen MR) is 67.9 cm³/mol. The first-order chi connectivity index (χ1) is 8.45. The minimum Gasteiger partial charge on any atom is -0.370 e. The van der Waals surface area contributed by atoms with Gasteiger partial charge in [0, 0.05) is 12.0 Å². The molecule has 1 fully saturated rings. The van der Waals surface area contributed by atoms with E-state index in [4.69, 9.17) is 4.74 Å². The van der Waals surface area contributed by atoms with Crippen LogP contribution in [0.25, 0.3) is 0 Å². The van der Waals surface area contributed by atoms with Crippen molar-refractivity contribution in [3.63, 3.8) is 0 Å². The molecule has 3 N–H and O–H groups in total. The van der Waals surface area contributed by atoms with Crippen LogP contribution in [-0.2, 0) is 11.3 Å². The summed E-state index contributed by atoms with van der Waals surface area (Å²) in [4.78, 5) is 1.71. The van der Waals surface area contributed by atoms with Crippen molar-refractivity contribution in [3.8, 4) is 0 Å².